The molecule has 2 amide bonds. The van der Waals surface area contributed by atoms with E-state index in [1.54, 1.807) is 17.2 Å². The fourth-order valence-electron chi connectivity index (χ4n) is 4.25. The van der Waals surface area contributed by atoms with E-state index in [0.29, 0.717) is 5.69 Å². The molecular weight excluding hydrogens is 342 g/mol. The molecule has 0 aromatic heterocycles. The third-order valence-electron chi connectivity index (χ3n) is 5.41. The Morgan fingerprint density at radius 2 is 1.56 bits per heavy atom. The molecule has 3 unspecified atom stereocenters. The maximum atomic E-state index is 13.3. The number of nitrogens with zero attached hydrogens (tertiary/aromatic N) is 3. The minimum absolute atomic E-state index is 0.231. The number of hydrogen-bond donors (Lipinski definition) is 0. The fourth-order valence-corrected chi connectivity index (χ4v) is 4.25. The molecule has 3 aliphatic rings. The third kappa shape index (κ3) is 2.23. The first kappa shape index (κ1) is 16.4. The summed E-state index contributed by atoms with van der Waals surface area (Å²) in [5.74, 6) is -1.14. The number of rotatable bonds is 2. The second-order valence-corrected chi connectivity index (χ2v) is 7.53. The van der Waals surface area contributed by atoms with Crippen LogP contribution in [0.1, 0.15) is 19.4 Å². The Balaban J connectivity index is 1.58. The number of hydrogen-bond acceptors (Lipinski definition) is 5. The van der Waals surface area contributed by atoms with E-state index in [0.717, 1.165) is 11.3 Å². The Labute approximate surface area is 157 Å². The molecule has 6 heteroatoms. The van der Waals surface area contributed by atoms with Crippen LogP contribution in [0.15, 0.2) is 65.7 Å². The summed E-state index contributed by atoms with van der Waals surface area (Å²) in [7, 11) is 0. The average Bonchev–Trinajstić information content (AvgIpc) is 3.27. The van der Waals surface area contributed by atoms with Crippen molar-refractivity contribution < 1.29 is 14.4 Å². The van der Waals surface area contributed by atoms with Gasteiger partial charge in [-0.2, -0.15) is 5.06 Å². The molecule has 2 aromatic rings. The molecule has 0 aliphatic carbocycles. The Morgan fingerprint density at radius 1 is 0.926 bits per heavy atom. The highest BCUT2D eigenvalue weighted by Crippen LogP contribution is 2.46. The van der Waals surface area contributed by atoms with E-state index in [2.05, 4.69) is 0 Å². The predicted octanol–water partition coefficient (Wildman–Crippen LogP) is 2.40. The first-order chi connectivity index (χ1) is 13.0. The van der Waals surface area contributed by atoms with Crippen LogP contribution in [0.2, 0.25) is 0 Å². The van der Waals surface area contributed by atoms with Crippen molar-refractivity contribution in [2.24, 2.45) is 10.9 Å². The number of aliphatic imine (C=N–C) groups is 1. The van der Waals surface area contributed by atoms with Crippen LogP contribution in [0.25, 0.3) is 0 Å². The van der Waals surface area contributed by atoms with Crippen molar-refractivity contribution in [1.82, 2.24) is 5.06 Å². The lowest BCUT2D eigenvalue weighted by Gasteiger charge is -2.29. The van der Waals surface area contributed by atoms with Gasteiger partial charge in [-0.1, -0.05) is 48.5 Å². The molecule has 6 nitrogen and oxygen atoms in total. The summed E-state index contributed by atoms with van der Waals surface area (Å²) in [5.41, 5.74) is 1.68. The maximum Gasteiger partial charge on any atom is 0.265 e. The summed E-state index contributed by atoms with van der Waals surface area (Å²) >= 11 is 0. The van der Waals surface area contributed by atoms with Crippen LogP contribution < -0.4 is 4.90 Å². The number of carbonyl (C=O) groups excluding carboxylic acids is 2. The smallest absolute Gasteiger partial charge is 0.265 e. The number of carbonyl (C=O) groups is 2. The molecule has 2 saturated heterocycles. The number of amides is 2. The zero-order valence-electron chi connectivity index (χ0n) is 15.1. The lowest BCUT2D eigenvalue weighted by atomic mass is 9.90. The second-order valence-electron chi connectivity index (χ2n) is 7.53. The van der Waals surface area contributed by atoms with Gasteiger partial charge in [0.1, 0.15) is 5.66 Å². The van der Waals surface area contributed by atoms with E-state index in [1.807, 2.05) is 62.4 Å². The fraction of sp³-hybridized carbons (Fsp3) is 0.286. The van der Waals surface area contributed by atoms with Gasteiger partial charge in [-0.3, -0.25) is 19.4 Å². The quantitative estimate of drug-likeness (QED) is 0.771. The Hall–Kier alpha value is -2.83. The van der Waals surface area contributed by atoms with Crippen LogP contribution in [0.5, 0.6) is 0 Å². The Bertz CT molecular complexity index is 955. The molecule has 3 atom stereocenters. The monoisotopic (exact) mass is 361 g/mol. The van der Waals surface area contributed by atoms with Crippen LogP contribution >= 0.6 is 0 Å². The lowest BCUT2D eigenvalue weighted by molar-refractivity contribution is -0.198. The van der Waals surface area contributed by atoms with Crippen LogP contribution in [0.3, 0.4) is 0 Å². The van der Waals surface area contributed by atoms with Crippen molar-refractivity contribution in [2.45, 2.75) is 31.7 Å². The molecule has 0 saturated carbocycles. The van der Waals surface area contributed by atoms with E-state index in [9.17, 15) is 9.59 Å². The standard InChI is InChI=1S/C21H19N3O3/c1-21(2)22-16(13-9-5-3-6-10-13)17-15-18(27-24(17)21)20(26)23(19(15)25)14-11-7-4-8-12-14/h3-12,15,17-18H,1-2H3. The van der Waals surface area contributed by atoms with E-state index >= 15 is 0 Å². The molecule has 2 aromatic carbocycles. The highest BCUT2D eigenvalue weighted by atomic mass is 16.7. The van der Waals surface area contributed by atoms with Gasteiger partial charge in [0.25, 0.3) is 5.91 Å². The summed E-state index contributed by atoms with van der Waals surface area (Å²) in [6, 6.07) is 18.4. The summed E-state index contributed by atoms with van der Waals surface area (Å²) < 4.78 is 0. The SMILES string of the molecule is CC1(C)N=C(c2ccccc2)C2C3C(=O)N(c4ccccc4)C(=O)C3ON21. The maximum absolute atomic E-state index is 13.3. The van der Waals surface area contributed by atoms with Gasteiger partial charge in [-0.05, 0) is 31.5 Å². The highest BCUT2D eigenvalue weighted by Gasteiger charge is 2.65. The Morgan fingerprint density at radius 3 is 2.22 bits per heavy atom. The number of para-hydroxylation sites is 1. The van der Waals surface area contributed by atoms with Gasteiger partial charge < -0.3 is 0 Å². The van der Waals surface area contributed by atoms with Crippen LogP contribution in [0, 0.1) is 5.92 Å². The number of hydroxylamine groups is 2. The number of benzene rings is 2. The molecule has 3 heterocycles. The van der Waals surface area contributed by atoms with E-state index in [4.69, 9.17) is 9.83 Å². The molecule has 2 fully saturated rings. The van der Waals surface area contributed by atoms with Crippen molar-refractivity contribution in [3.8, 4) is 0 Å². The summed E-state index contributed by atoms with van der Waals surface area (Å²) in [4.78, 5) is 38.4. The van der Waals surface area contributed by atoms with E-state index < -0.39 is 17.7 Å². The second kappa shape index (κ2) is 5.58. The molecule has 5 rings (SSSR count). The number of anilines is 1. The normalized spacial score (nSPS) is 29.0. The molecular formula is C21H19N3O3. The van der Waals surface area contributed by atoms with E-state index in [-0.39, 0.29) is 17.9 Å². The van der Waals surface area contributed by atoms with Crippen molar-refractivity contribution in [3.63, 3.8) is 0 Å². The van der Waals surface area contributed by atoms with Crippen molar-refractivity contribution in [2.75, 3.05) is 4.90 Å². The first-order valence-electron chi connectivity index (χ1n) is 9.03. The molecule has 0 bridgehead atoms. The zero-order chi connectivity index (χ0) is 18.8. The van der Waals surface area contributed by atoms with Crippen molar-refractivity contribution in [3.05, 3.63) is 66.2 Å². The summed E-state index contributed by atoms with van der Waals surface area (Å²) in [5, 5.41) is 1.72. The van der Waals surface area contributed by atoms with Gasteiger partial charge >= 0.3 is 0 Å². The van der Waals surface area contributed by atoms with Crippen molar-refractivity contribution in [1.29, 1.82) is 0 Å². The van der Waals surface area contributed by atoms with Gasteiger partial charge in [-0.25, -0.2) is 4.90 Å². The minimum atomic E-state index is -0.809. The lowest BCUT2D eigenvalue weighted by Crippen LogP contribution is -2.46. The third-order valence-corrected chi connectivity index (χ3v) is 5.41. The topological polar surface area (TPSA) is 62.2 Å². The molecule has 0 spiro atoms. The van der Waals surface area contributed by atoms with E-state index in [1.165, 1.54) is 4.90 Å². The molecule has 27 heavy (non-hydrogen) atoms. The van der Waals surface area contributed by atoms with Gasteiger partial charge in [0.05, 0.1) is 23.4 Å². The summed E-state index contributed by atoms with van der Waals surface area (Å²) in [6.45, 7) is 3.86. The number of fused-ring (bicyclic) bond motifs is 3. The van der Waals surface area contributed by atoms with Gasteiger partial charge in [0.2, 0.25) is 5.91 Å². The van der Waals surface area contributed by atoms with Crippen molar-refractivity contribution >= 4 is 23.2 Å². The molecule has 0 radical (unpaired) electrons. The average molecular weight is 361 g/mol. The number of imide groups is 1. The van der Waals surface area contributed by atoms with Crippen LogP contribution in [-0.2, 0) is 14.4 Å². The van der Waals surface area contributed by atoms with Gasteiger partial charge in [-0.15, -0.1) is 0 Å². The van der Waals surface area contributed by atoms with Gasteiger partial charge in [0.15, 0.2) is 6.10 Å². The van der Waals surface area contributed by atoms with Crippen LogP contribution in [-0.4, -0.2) is 40.4 Å². The zero-order valence-corrected chi connectivity index (χ0v) is 15.1. The van der Waals surface area contributed by atoms with Crippen LogP contribution in [0.4, 0.5) is 5.69 Å². The predicted molar refractivity (Wildman–Crippen MR) is 100.0 cm³/mol. The molecule has 136 valence electrons. The largest absolute Gasteiger partial charge is 0.282 e. The summed E-state index contributed by atoms with van der Waals surface area (Å²) in [6.07, 6.45) is -0.809. The molecule has 3 aliphatic heterocycles. The Kier molecular flexibility index (Phi) is 3.38. The first-order valence-corrected chi connectivity index (χ1v) is 9.03. The highest BCUT2D eigenvalue weighted by molar-refractivity contribution is 6.25. The minimum Gasteiger partial charge on any atom is -0.282 e. The molecule has 0 N–H and O–H groups in total. The van der Waals surface area contributed by atoms with Gasteiger partial charge in [0, 0.05) is 0 Å².